The summed E-state index contributed by atoms with van der Waals surface area (Å²) in [6.45, 7) is 20.4. The smallest absolute Gasteiger partial charge is 0.0107 e. The molecule has 0 bridgehead atoms. The van der Waals surface area contributed by atoms with Gasteiger partial charge in [0.2, 0.25) is 0 Å². The minimum atomic E-state index is 0.490. The van der Waals surface area contributed by atoms with Crippen molar-refractivity contribution in [1.29, 1.82) is 0 Å². The Morgan fingerprint density at radius 2 is 1.26 bits per heavy atom. The maximum absolute atomic E-state index is 5.80. The predicted molar refractivity (Wildman–Crippen MR) is 105 cm³/mol. The van der Waals surface area contributed by atoms with E-state index < -0.39 is 0 Å². The minimum absolute atomic E-state index is 0.490. The third kappa shape index (κ3) is 9.69. The van der Waals surface area contributed by atoms with E-state index in [0.29, 0.717) is 10.8 Å². The highest BCUT2D eigenvalue weighted by molar-refractivity contribution is 4.74. The number of rotatable bonds is 15. The van der Waals surface area contributed by atoms with Gasteiger partial charge in [0, 0.05) is 26.2 Å². The molecule has 0 radical (unpaired) electrons. The van der Waals surface area contributed by atoms with Crippen LogP contribution >= 0.6 is 0 Å². The van der Waals surface area contributed by atoms with Crippen molar-refractivity contribution in [3.63, 3.8) is 0 Å². The van der Waals surface area contributed by atoms with E-state index in [-0.39, 0.29) is 0 Å². The Kier molecular flexibility index (Phi) is 12.2. The van der Waals surface area contributed by atoms with Crippen LogP contribution in [0.1, 0.15) is 80.1 Å². The first kappa shape index (κ1) is 22.9. The molecule has 3 heteroatoms. The van der Waals surface area contributed by atoms with Crippen molar-refractivity contribution in [1.82, 2.24) is 10.2 Å². The van der Waals surface area contributed by atoms with Crippen LogP contribution in [0.5, 0.6) is 0 Å². The van der Waals surface area contributed by atoms with Crippen LogP contribution in [0, 0.1) is 10.8 Å². The Labute approximate surface area is 146 Å². The van der Waals surface area contributed by atoms with E-state index in [1.807, 2.05) is 0 Å². The lowest BCUT2D eigenvalue weighted by Gasteiger charge is -2.31. The second kappa shape index (κ2) is 12.3. The number of nitrogens with one attached hydrogen (secondary N) is 1. The normalized spacial score (nSPS) is 13.0. The summed E-state index contributed by atoms with van der Waals surface area (Å²) in [5, 5.41) is 3.64. The third-order valence-electron chi connectivity index (χ3n) is 6.40. The van der Waals surface area contributed by atoms with Crippen LogP contribution in [0.4, 0.5) is 0 Å². The average Bonchev–Trinajstić information content (AvgIpc) is 2.58. The highest BCUT2D eigenvalue weighted by Gasteiger charge is 2.21. The molecule has 23 heavy (non-hydrogen) atoms. The summed E-state index contributed by atoms with van der Waals surface area (Å²) in [5.41, 5.74) is 6.79. The summed E-state index contributed by atoms with van der Waals surface area (Å²) < 4.78 is 0. The third-order valence-corrected chi connectivity index (χ3v) is 6.40. The molecule has 140 valence electrons. The lowest BCUT2D eigenvalue weighted by atomic mass is 9.81. The summed E-state index contributed by atoms with van der Waals surface area (Å²) in [7, 11) is 0. The van der Waals surface area contributed by atoms with Crippen molar-refractivity contribution in [2.45, 2.75) is 80.1 Å². The monoisotopic (exact) mass is 327 g/mol. The molecular weight excluding hydrogens is 282 g/mol. The molecule has 0 aromatic rings. The van der Waals surface area contributed by atoms with Crippen molar-refractivity contribution in [3.05, 3.63) is 0 Å². The Bertz CT molecular complexity index is 270. The van der Waals surface area contributed by atoms with Gasteiger partial charge in [-0.15, -0.1) is 0 Å². The van der Waals surface area contributed by atoms with Crippen LogP contribution in [0.15, 0.2) is 0 Å². The quantitative estimate of drug-likeness (QED) is 0.441. The standard InChI is InChI=1S/C20H45N3/c1-7-19(5,8-2)11-14-22-15-18-23(17-13-21)16-12-20(6,9-3)10-4/h22H,7-18,21H2,1-6H3. The Hall–Kier alpha value is -0.120. The Balaban J connectivity index is 4.05. The van der Waals surface area contributed by atoms with Crippen LogP contribution in [0.25, 0.3) is 0 Å². The molecule has 3 nitrogen and oxygen atoms in total. The number of nitrogens with zero attached hydrogens (tertiary/aromatic N) is 1. The van der Waals surface area contributed by atoms with Gasteiger partial charge < -0.3 is 16.0 Å². The van der Waals surface area contributed by atoms with Crippen molar-refractivity contribution in [2.24, 2.45) is 16.6 Å². The zero-order valence-electron chi connectivity index (χ0n) is 17.0. The molecule has 0 spiro atoms. The second-order valence-electron chi connectivity index (χ2n) is 7.92. The van der Waals surface area contributed by atoms with Gasteiger partial charge in [-0.1, -0.05) is 67.2 Å². The first-order valence-corrected chi connectivity index (χ1v) is 10.0. The van der Waals surface area contributed by atoms with Gasteiger partial charge in [0.15, 0.2) is 0 Å². The first-order valence-electron chi connectivity index (χ1n) is 10.0. The van der Waals surface area contributed by atoms with Crippen molar-refractivity contribution < 1.29 is 0 Å². The molecule has 0 amide bonds. The van der Waals surface area contributed by atoms with Crippen LogP contribution in [-0.4, -0.2) is 44.2 Å². The molecule has 3 N–H and O–H groups in total. The molecule has 0 aliphatic carbocycles. The van der Waals surface area contributed by atoms with Gasteiger partial charge in [-0.05, 0) is 36.8 Å². The van der Waals surface area contributed by atoms with E-state index >= 15 is 0 Å². The van der Waals surface area contributed by atoms with E-state index in [4.69, 9.17) is 5.73 Å². The maximum atomic E-state index is 5.80. The zero-order valence-corrected chi connectivity index (χ0v) is 17.0. The summed E-state index contributed by atoms with van der Waals surface area (Å²) in [6, 6.07) is 0. The van der Waals surface area contributed by atoms with Gasteiger partial charge in [0.05, 0.1) is 0 Å². The van der Waals surface area contributed by atoms with Gasteiger partial charge in [-0.2, -0.15) is 0 Å². The average molecular weight is 328 g/mol. The first-order chi connectivity index (χ1) is 10.9. The van der Waals surface area contributed by atoms with Crippen LogP contribution in [0.3, 0.4) is 0 Å². The highest BCUT2D eigenvalue weighted by Crippen LogP contribution is 2.30. The highest BCUT2D eigenvalue weighted by atomic mass is 15.1. The molecule has 0 heterocycles. The topological polar surface area (TPSA) is 41.3 Å². The van der Waals surface area contributed by atoms with Crippen molar-refractivity contribution >= 4 is 0 Å². The van der Waals surface area contributed by atoms with Gasteiger partial charge in [0.25, 0.3) is 0 Å². The largest absolute Gasteiger partial charge is 0.329 e. The molecule has 0 saturated carbocycles. The lowest BCUT2D eigenvalue weighted by molar-refractivity contribution is 0.196. The molecule has 0 fully saturated rings. The van der Waals surface area contributed by atoms with Gasteiger partial charge in [0.1, 0.15) is 0 Å². The fourth-order valence-electron chi connectivity index (χ4n) is 2.91. The molecule has 0 rings (SSSR count). The van der Waals surface area contributed by atoms with Gasteiger partial charge >= 0.3 is 0 Å². The predicted octanol–water partition coefficient (Wildman–Crippen LogP) is 4.27. The van der Waals surface area contributed by atoms with Crippen molar-refractivity contribution in [3.8, 4) is 0 Å². The summed E-state index contributed by atoms with van der Waals surface area (Å²) in [4.78, 5) is 2.54. The van der Waals surface area contributed by atoms with Gasteiger partial charge in [-0.3, -0.25) is 0 Å². The Morgan fingerprint density at radius 1 is 0.739 bits per heavy atom. The van der Waals surface area contributed by atoms with E-state index in [0.717, 1.165) is 32.7 Å². The van der Waals surface area contributed by atoms with Crippen molar-refractivity contribution in [2.75, 3.05) is 39.3 Å². The fourth-order valence-corrected chi connectivity index (χ4v) is 2.91. The molecule has 0 saturated heterocycles. The SMILES string of the molecule is CCC(C)(CC)CCNCCN(CCN)CCC(C)(CC)CC. The van der Waals surface area contributed by atoms with E-state index in [1.54, 1.807) is 0 Å². The number of nitrogens with two attached hydrogens (primary N) is 1. The zero-order chi connectivity index (χ0) is 17.8. The van der Waals surface area contributed by atoms with Crippen LogP contribution in [-0.2, 0) is 0 Å². The fraction of sp³-hybridized carbons (Fsp3) is 1.00. The molecular formula is C20H45N3. The summed E-state index contributed by atoms with van der Waals surface area (Å²) in [6.07, 6.45) is 7.65. The molecule has 0 aromatic heterocycles. The molecule has 0 aliphatic heterocycles. The summed E-state index contributed by atoms with van der Waals surface area (Å²) in [5.74, 6) is 0. The van der Waals surface area contributed by atoms with Crippen LogP contribution in [0.2, 0.25) is 0 Å². The second-order valence-corrected chi connectivity index (χ2v) is 7.92. The summed E-state index contributed by atoms with van der Waals surface area (Å²) >= 11 is 0. The van der Waals surface area contributed by atoms with E-state index in [1.165, 1.54) is 45.1 Å². The van der Waals surface area contributed by atoms with Crippen LogP contribution < -0.4 is 11.1 Å². The molecule has 0 unspecified atom stereocenters. The molecule has 0 aromatic carbocycles. The number of hydrogen-bond donors (Lipinski definition) is 2. The number of hydrogen-bond acceptors (Lipinski definition) is 3. The maximum Gasteiger partial charge on any atom is 0.0107 e. The molecule has 0 atom stereocenters. The van der Waals surface area contributed by atoms with Gasteiger partial charge in [-0.25, -0.2) is 0 Å². The lowest BCUT2D eigenvalue weighted by Crippen LogP contribution is -2.38. The van der Waals surface area contributed by atoms with E-state index in [9.17, 15) is 0 Å². The molecule has 0 aliphatic rings. The van der Waals surface area contributed by atoms with E-state index in [2.05, 4.69) is 51.8 Å². The Morgan fingerprint density at radius 3 is 1.74 bits per heavy atom. The minimum Gasteiger partial charge on any atom is -0.329 e.